The van der Waals surface area contributed by atoms with Gasteiger partial charge in [-0.15, -0.1) is 11.3 Å². The summed E-state index contributed by atoms with van der Waals surface area (Å²) in [4.78, 5) is 1.45. The van der Waals surface area contributed by atoms with E-state index >= 15 is 0 Å². The first-order chi connectivity index (χ1) is 6.77. The average Bonchev–Trinajstić information content (AvgIpc) is 2.57. The molecule has 0 aliphatic rings. The van der Waals surface area contributed by atoms with Gasteiger partial charge in [-0.1, -0.05) is 35.0 Å². The topological polar surface area (TPSA) is 0 Å². The van der Waals surface area contributed by atoms with Gasteiger partial charge in [0, 0.05) is 19.4 Å². The molecule has 1 aromatic carbocycles. The lowest BCUT2D eigenvalue weighted by Crippen LogP contribution is -1.81. The van der Waals surface area contributed by atoms with Crippen LogP contribution in [0.5, 0.6) is 0 Å². The number of alkyl halides is 1. The Hall–Kier alpha value is 0.140. The maximum absolute atomic E-state index is 3.60. The van der Waals surface area contributed by atoms with Crippen LogP contribution in [-0.2, 0) is 11.8 Å². The van der Waals surface area contributed by atoms with Crippen LogP contribution in [0.4, 0.5) is 0 Å². The van der Waals surface area contributed by atoms with Crippen molar-refractivity contribution in [3.05, 3.63) is 33.1 Å². The van der Waals surface area contributed by atoms with Crippen molar-refractivity contribution in [3.8, 4) is 0 Å². The van der Waals surface area contributed by atoms with Crippen molar-refractivity contribution in [2.45, 2.75) is 18.7 Å². The minimum Gasteiger partial charge on any atom is -0.138 e. The van der Waals surface area contributed by atoms with Crippen LogP contribution < -0.4 is 0 Å². The molecule has 3 heteroatoms. The highest BCUT2D eigenvalue weighted by Crippen LogP contribution is 2.37. The second-order valence-electron chi connectivity index (χ2n) is 3.11. The predicted molar refractivity (Wildman–Crippen MR) is 71.5 cm³/mol. The van der Waals surface area contributed by atoms with Gasteiger partial charge in [0.1, 0.15) is 0 Å². The Morgan fingerprint density at radius 3 is 2.79 bits per heavy atom. The maximum Gasteiger partial charge on any atom is 0.0490 e. The van der Waals surface area contributed by atoms with Gasteiger partial charge in [0.05, 0.1) is 0 Å². The molecule has 0 amide bonds. The first kappa shape index (κ1) is 10.7. The fraction of sp³-hybridized carbons (Fsp3) is 0.273. The molecule has 0 nitrogen and oxygen atoms in total. The molecule has 14 heavy (non-hydrogen) atoms. The lowest BCUT2D eigenvalue weighted by molar-refractivity contribution is 1.15. The van der Waals surface area contributed by atoms with Crippen LogP contribution in [0.2, 0.25) is 0 Å². The summed E-state index contributed by atoms with van der Waals surface area (Å²) >= 11 is 9.03. The lowest BCUT2D eigenvalue weighted by atomic mass is 10.1. The zero-order valence-electron chi connectivity index (χ0n) is 7.81. The number of halogens is 2. The zero-order chi connectivity index (χ0) is 10.1. The van der Waals surface area contributed by atoms with Gasteiger partial charge in [0.15, 0.2) is 0 Å². The number of fused-ring (bicyclic) bond motifs is 1. The third kappa shape index (κ3) is 1.66. The molecule has 0 radical (unpaired) electrons. The molecular weight excluding hydrogens is 324 g/mol. The first-order valence-electron chi connectivity index (χ1n) is 4.52. The summed E-state index contributed by atoms with van der Waals surface area (Å²) in [5, 5.41) is 2.36. The summed E-state index contributed by atoms with van der Waals surface area (Å²) in [6.07, 6.45) is 1.11. The molecule has 0 aliphatic carbocycles. The Balaban J connectivity index is 2.79. The highest BCUT2D eigenvalue weighted by molar-refractivity contribution is 9.10. The molecule has 0 fully saturated rings. The van der Waals surface area contributed by atoms with E-state index in [1.807, 2.05) is 11.3 Å². The Labute approximate surface area is 105 Å². The van der Waals surface area contributed by atoms with E-state index in [9.17, 15) is 0 Å². The Morgan fingerprint density at radius 1 is 1.36 bits per heavy atom. The van der Waals surface area contributed by atoms with Gasteiger partial charge >= 0.3 is 0 Å². The minimum atomic E-state index is 0.960. The number of thiophene rings is 1. The van der Waals surface area contributed by atoms with E-state index in [1.165, 1.54) is 25.0 Å². The number of benzene rings is 1. The van der Waals surface area contributed by atoms with Crippen molar-refractivity contribution in [3.63, 3.8) is 0 Å². The largest absolute Gasteiger partial charge is 0.138 e. The fourth-order valence-corrected chi connectivity index (χ4v) is 4.12. The molecule has 0 saturated heterocycles. The smallest absolute Gasteiger partial charge is 0.0490 e. The molecule has 0 spiro atoms. The van der Waals surface area contributed by atoms with E-state index in [0.29, 0.717) is 0 Å². The summed E-state index contributed by atoms with van der Waals surface area (Å²) in [5.74, 6) is 0. The lowest BCUT2D eigenvalue weighted by Gasteiger charge is -1.97. The monoisotopic (exact) mass is 332 g/mol. The van der Waals surface area contributed by atoms with E-state index in [0.717, 1.165) is 11.8 Å². The fourth-order valence-electron chi connectivity index (χ4n) is 1.68. The van der Waals surface area contributed by atoms with Crippen LogP contribution in [-0.4, -0.2) is 0 Å². The van der Waals surface area contributed by atoms with E-state index in [4.69, 9.17) is 0 Å². The van der Waals surface area contributed by atoms with Crippen molar-refractivity contribution >= 4 is 53.3 Å². The van der Waals surface area contributed by atoms with Crippen molar-refractivity contribution < 1.29 is 0 Å². The van der Waals surface area contributed by atoms with Gasteiger partial charge in [-0.05, 0) is 39.4 Å². The predicted octanol–water partition coefficient (Wildman–Crippen LogP) is 5.12. The van der Waals surface area contributed by atoms with Crippen LogP contribution in [0.25, 0.3) is 10.1 Å². The minimum absolute atomic E-state index is 0.960. The zero-order valence-corrected chi connectivity index (χ0v) is 11.8. The molecule has 0 N–H and O–H groups in total. The summed E-state index contributed by atoms with van der Waals surface area (Å²) in [6, 6.07) is 6.42. The molecule has 2 rings (SSSR count). The van der Waals surface area contributed by atoms with Crippen LogP contribution in [0.1, 0.15) is 17.4 Å². The molecule has 74 valence electrons. The SMILES string of the molecule is CCc1c(CBr)sc2c(Br)cccc12. The average molecular weight is 334 g/mol. The Bertz CT molecular complexity index is 460. The number of rotatable bonds is 2. The third-order valence-electron chi connectivity index (χ3n) is 2.33. The second kappa shape index (κ2) is 4.33. The van der Waals surface area contributed by atoms with E-state index in [1.54, 1.807) is 0 Å². The molecule has 0 unspecified atom stereocenters. The highest BCUT2D eigenvalue weighted by Gasteiger charge is 2.10. The summed E-state index contributed by atoms with van der Waals surface area (Å²) in [5.41, 5.74) is 1.49. The van der Waals surface area contributed by atoms with Crippen LogP contribution in [0, 0.1) is 0 Å². The van der Waals surface area contributed by atoms with Crippen LogP contribution in [0.15, 0.2) is 22.7 Å². The highest BCUT2D eigenvalue weighted by atomic mass is 79.9. The quantitative estimate of drug-likeness (QED) is 0.669. The van der Waals surface area contributed by atoms with E-state index < -0.39 is 0 Å². The molecule has 2 aromatic rings. The third-order valence-corrected chi connectivity index (χ3v) is 5.47. The normalized spacial score (nSPS) is 11.1. The summed E-state index contributed by atoms with van der Waals surface area (Å²) < 4.78 is 2.58. The number of aryl methyl sites for hydroxylation is 1. The van der Waals surface area contributed by atoms with Gasteiger partial charge < -0.3 is 0 Å². The van der Waals surface area contributed by atoms with Crippen molar-refractivity contribution in [2.75, 3.05) is 0 Å². The molecule has 1 heterocycles. The summed E-state index contributed by atoms with van der Waals surface area (Å²) in [7, 11) is 0. The van der Waals surface area contributed by atoms with Gasteiger partial charge in [0.25, 0.3) is 0 Å². The van der Waals surface area contributed by atoms with Crippen LogP contribution >= 0.6 is 43.2 Å². The van der Waals surface area contributed by atoms with Gasteiger partial charge in [-0.25, -0.2) is 0 Å². The number of hydrogen-bond acceptors (Lipinski definition) is 1. The molecule has 0 bridgehead atoms. The first-order valence-corrected chi connectivity index (χ1v) is 7.25. The second-order valence-corrected chi connectivity index (χ2v) is 5.63. The van der Waals surface area contributed by atoms with E-state index in [-0.39, 0.29) is 0 Å². The molecular formula is C11H10Br2S. The van der Waals surface area contributed by atoms with Crippen molar-refractivity contribution in [2.24, 2.45) is 0 Å². The Morgan fingerprint density at radius 2 is 2.14 bits per heavy atom. The van der Waals surface area contributed by atoms with Crippen LogP contribution in [0.3, 0.4) is 0 Å². The van der Waals surface area contributed by atoms with Gasteiger partial charge in [-0.3, -0.25) is 0 Å². The number of hydrogen-bond donors (Lipinski definition) is 0. The van der Waals surface area contributed by atoms with Gasteiger partial charge in [-0.2, -0.15) is 0 Å². The maximum atomic E-state index is 3.60. The van der Waals surface area contributed by atoms with Crippen molar-refractivity contribution in [1.29, 1.82) is 0 Å². The van der Waals surface area contributed by atoms with Crippen molar-refractivity contribution in [1.82, 2.24) is 0 Å². The Kier molecular flexibility index (Phi) is 3.30. The molecule has 0 atom stereocenters. The summed E-state index contributed by atoms with van der Waals surface area (Å²) in [6.45, 7) is 2.22. The van der Waals surface area contributed by atoms with E-state index in [2.05, 4.69) is 57.0 Å². The standard InChI is InChI=1S/C11H10Br2S/c1-2-7-8-4-3-5-9(13)11(8)14-10(7)6-12/h3-5H,2,6H2,1H3. The van der Waals surface area contributed by atoms with Gasteiger partial charge in [0.2, 0.25) is 0 Å². The molecule has 0 aliphatic heterocycles. The molecule has 1 aromatic heterocycles. The molecule has 0 saturated carbocycles.